The Bertz CT molecular complexity index is 641. The molecule has 0 saturated heterocycles. The van der Waals surface area contributed by atoms with Gasteiger partial charge in [0, 0.05) is 24.1 Å². The van der Waals surface area contributed by atoms with Gasteiger partial charge in [-0.1, -0.05) is 19.8 Å². The van der Waals surface area contributed by atoms with Gasteiger partial charge >= 0.3 is 0 Å². The highest BCUT2D eigenvalue weighted by Crippen LogP contribution is 2.20. The van der Waals surface area contributed by atoms with Crippen LogP contribution in [0.1, 0.15) is 43.6 Å². The summed E-state index contributed by atoms with van der Waals surface area (Å²) in [5.41, 5.74) is 2.18. The molecule has 1 aromatic carbocycles. The average molecular weight is 327 g/mol. The summed E-state index contributed by atoms with van der Waals surface area (Å²) in [6.07, 6.45) is 4.88. The minimum atomic E-state index is -0.138. The monoisotopic (exact) mass is 327 g/mol. The Balaban J connectivity index is 1.95. The molecule has 1 amide bonds. The molecule has 0 aliphatic heterocycles. The van der Waals surface area contributed by atoms with Crippen molar-refractivity contribution in [1.29, 1.82) is 0 Å². The number of hydrogen-bond donors (Lipinski definition) is 2. The van der Waals surface area contributed by atoms with Gasteiger partial charge in [0.2, 0.25) is 0 Å². The van der Waals surface area contributed by atoms with Gasteiger partial charge in [-0.15, -0.1) is 0 Å². The second kappa shape index (κ2) is 9.55. The zero-order chi connectivity index (χ0) is 17.2. The van der Waals surface area contributed by atoms with Gasteiger partial charge in [0.15, 0.2) is 0 Å². The highest BCUT2D eigenvalue weighted by Gasteiger charge is 2.07. The fourth-order valence-electron chi connectivity index (χ4n) is 2.27. The van der Waals surface area contributed by atoms with Gasteiger partial charge in [-0.05, 0) is 49.7 Å². The molecule has 0 aliphatic carbocycles. The molecular weight excluding hydrogens is 302 g/mol. The van der Waals surface area contributed by atoms with E-state index in [1.165, 1.54) is 0 Å². The van der Waals surface area contributed by atoms with Crippen LogP contribution in [0.25, 0.3) is 0 Å². The van der Waals surface area contributed by atoms with Crippen LogP contribution in [0, 0.1) is 0 Å². The number of rotatable bonds is 9. The Labute approximate surface area is 143 Å². The number of nitrogens with one attached hydrogen (secondary N) is 2. The quantitative estimate of drug-likeness (QED) is 0.679. The minimum Gasteiger partial charge on any atom is -0.494 e. The summed E-state index contributed by atoms with van der Waals surface area (Å²) < 4.78 is 5.43. The summed E-state index contributed by atoms with van der Waals surface area (Å²) in [7, 11) is 0. The van der Waals surface area contributed by atoms with Gasteiger partial charge < -0.3 is 15.4 Å². The summed E-state index contributed by atoms with van der Waals surface area (Å²) >= 11 is 0. The van der Waals surface area contributed by atoms with Crippen LogP contribution in [0.15, 0.2) is 42.6 Å². The first-order chi connectivity index (χ1) is 11.7. The van der Waals surface area contributed by atoms with Crippen molar-refractivity contribution in [3.63, 3.8) is 0 Å². The van der Waals surface area contributed by atoms with Gasteiger partial charge in [0.05, 0.1) is 6.61 Å². The zero-order valence-corrected chi connectivity index (χ0v) is 14.3. The standard InChI is InChI=1S/C19H25N3O2/c1-3-5-6-12-21-19(23)18-14-16(11-13-20-18)22-15-7-9-17(10-8-15)24-4-2/h7-11,13-14H,3-6,12H2,1-2H3,(H,20,22)(H,21,23). The van der Waals surface area contributed by atoms with E-state index >= 15 is 0 Å². The fourth-order valence-corrected chi connectivity index (χ4v) is 2.27. The Morgan fingerprint density at radius 3 is 2.58 bits per heavy atom. The SMILES string of the molecule is CCCCCNC(=O)c1cc(Nc2ccc(OCC)cc2)ccn1. The zero-order valence-electron chi connectivity index (χ0n) is 14.3. The number of ether oxygens (including phenoxy) is 1. The normalized spacial score (nSPS) is 10.2. The van der Waals surface area contributed by atoms with Crippen molar-refractivity contribution in [3.8, 4) is 5.75 Å². The third-order valence-corrected chi connectivity index (χ3v) is 3.51. The van der Waals surface area contributed by atoms with Crippen molar-refractivity contribution in [2.75, 3.05) is 18.5 Å². The summed E-state index contributed by atoms with van der Waals surface area (Å²) in [6.45, 7) is 5.43. The van der Waals surface area contributed by atoms with E-state index in [2.05, 4.69) is 22.5 Å². The second-order valence-electron chi connectivity index (χ2n) is 5.48. The van der Waals surface area contributed by atoms with Crippen LogP contribution in [-0.2, 0) is 0 Å². The first-order valence-corrected chi connectivity index (χ1v) is 8.47. The van der Waals surface area contributed by atoms with Crippen molar-refractivity contribution in [2.24, 2.45) is 0 Å². The minimum absolute atomic E-state index is 0.138. The average Bonchev–Trinajstić information content (AvgIpc) is 2.61. The van der Waals surface area contributed by atoms with Crippen LogP contribution >= 0.6 is 0 Å². The number of amides is 1. The number of carbonyl (C=O) groups is 1. The first-order valence-electron chi connectivity index (χ1n) is 8.47. The molecule has 0 saturated carbocycles. The summed E-state index contributed by atoms with van der Waals surface area (Å²) in [4.78, 5) is 16.3. The first kappa shape index (κ1) is 17.8. The lowest BCUT2D eigenvalue weighted by atomic mass is 10.2. The number of carbonyl (C=O) groups excluding carboxylic acids is 1. The molecule has 2 aromatic rings. The Morgan fingerprint density at radius 2 is 1.88 bits per heavy atom. The van der Waals surface area contributed by atoms with Gasteiger partial charge in [0.25, 0.3) is 5.91 Å². The van der Waals surface area contributed by atoms with Crippen molar-refractivity contribution < 1.29 is 9.53 Å². The van der Waals surface area contributed by atoms with Crippen LogP contribution in [0.5, 0.6) is 5.75 Å². The fraction of sp³-hybridized carbons (Fsp3) is 0.368. The Hall–Kier alpha value is -2.56. The number of pyridine rings is 1. The molecule has 5 nitrogen and oxygen atoms in total. The maximum atomic E-state index is 12.1. The lowest BCUT2D eigenvalue weighted by Crippen LogP contribution is -2.25. The number of hydrogen-bond acceptors (Lipinski definition) is 4. The maximum absolute atomic E-state index is 12.1. The predicted molar refractivity (Wildman–Crippen MR) is 97.0 cm³/mol. The topological polar surface area (TPSA) is 63.2 Å². The highest BCUT2D eigenvalue weighted by molar-refractivity contribution is 5.93. The molecule has 0 fully saturated rings. The number of anilines is 2. The van der Waals surface area contributed by atoms with E-state index in [9.17, 15) is 4.79 Å². The van der Waals surface area contributed by atoms with Crippen LogP contribution < -0.4 is 15.4 Å². The molecule has 2 N–H and O–H groups in total. The van der Waals surface area contributed by atoms with Gasteiger partial charge in [-0.25, -0.2) is 0 Å². The smallest absolute Gasteiger partial charge is 0.269 e. The van der Waals surface area contributed by atoms with Gasteiger partial charge in [-0.2, -0.15) is 0 Å². The van der Waals surface area contributed by atoms with Crippen LogP contribution in [0.3, 0.4) is 0 Å². The number of aromatic nitrogens is 1. The third-order valence-electron chi connectivity index (χ3n) is 3.51. The molecule has 1 heterocycles. The van der Waals surface area contributed by atoms with E-state index in [1.807, 2.05) is 37.3 Å². The van der Waals surface area contributed by atoms with Gasteiger partial charge in [0.1, 0.15) is 11.4 Å². The lowest BCUT2D eigenvalue weighted by molar-refractivity contribution is 0.0948. The molecule has 0 atom stereocenters. The largest absolute Gasteiger partial charge is 0.494 e. The van der Waals surface area contributed by atoms with Gasteiger partial charge in [-0.3, -0.25) is 9.78 Å². The number of unbranched alkanes of at least 4 members (excludes halogenated alkanes) is 2. The van der Waals surface area contributed by atoms with Crippen LogP contribution in [0.4, 0.5) is 11.4 Å². The molecule has 2 rings (SSSR count). The summed E-state index contributed by atoms with van der Waals surface area (Å²) in [5.74, 6) is 0.700. The molecule has 128 valence electrons. The van der Waals surface area contributed by atoms with E-state index in [0.717, 1.165) is 36.4 Å². The maximum Gasteiger partial charge on any atom is 0.269 e. The van der Waals surface area contributed by atoms with E-state index in [0.29, 0.717) is 18.8 Å². The molecule has 0 aliphatic rings. The molecule has 1 aromatic heterocycles. The molecule has 0 radical (unpaired) electrons. The van der Waals surface area contributed by atoms with Crippen molar-refractivity contribution >= 4 is 17.3 Å². The van der Waals surface area contributed by atoms with E-state index in [1.54, 1.807) is 12.3 Å². The summed E-state index contributed by atoms with van der Waals surface area (Å²) in [5, 5.41) is 6.17. The molecular formula is C19H25N3O2. The van der Waals surface area contributed by atoms with E-state index < -0.39 is 0 Å². The lowest BCUT2D eigenvalue weighted by Gasteiger charge is -2.09. The molecule has 0 unspecified atom stereocenters. The van der Waals surface area contributed by atoms with Crippen molar-refractivity contribution in [2.45, 2.75) is 33.1 Å². The summed E-state index contributed by atoms with van der Waals surface area (Å²) in [6, 6.07) is 11.3. The number of nitrogens with zero attached hydrogens (tertiary/aromatic N) is 1. The van der Waals surface area contributed by atoms with Crippen molar-refractivity contribution in [3.05, 3.63) is 48.3 Å². The van der Waals surface area contributed by atoms with Crippen LogP contribution in [-0.4, -0.2) is 24.0 Å². The predicted octanol–water partition coefficient (Wildman–Crippen LogP) is 4.14. The highest BCUT2D eigenvalue weighted by atomic mass is 16.5. The Kier molecular flexibility index (Phi) is 7.08. The van der Waals surface area contributed by atoms with E-state index in [-0.39, 0.29) is 5.91 Å². The molecule has 24 heavy (non-hydrogen) atoms. The Morgan fingerprint density at radius 1 is 1.08 bits per heavy atom. The van der Waals surface area contributed by atoms with Crippen molar-refractivity contribution in [1.82, 2.24) is 10.3 Å². The number of benzene rings is 1. The molecule has 5 heteroatoms. The van der Waals surface area contributed by atoms with Crippen LogP contribution in [0.2, 0.25) is 0 Å². The third kappa shape index (κ3) is 5.57. The second-order valence-corrected chi connectivity index (χ2v) is 5.48. The van der Waals surface area contributed by atoms with E-state index in [4.69, 9.17) is 4.74 Å². The molecule has 0 bridgehead atoms. The molecule has 0 spiro atoms.